The standard InChI is InChI=1S/C27H23Cl2FN2O5S/c1-35-23-5-3-15(7-25(23)36-2)24(11-20-21(28)13-31-14-22(20)29)37-27(34)26-6-4-19(38-26)12-32-17-8-16(30)9-18(33)10-17/h3-10,13-14,24,32-33H,11-12H2,1-2H3/p+1/t24-/m0/s1. The molecule has 0 aliphatic carbocycles. The SMILES string of the molecule is COc1ccc([C@H](Cc2c(Cl)c[nH+]cc2Cl)OC(=O)c2ccc(CNc3cc(O)cc(F)c3)s2)cc1OC. The molecular weight excluding hydrogens is 554 g/mol. The fraction of sp³-hybridized carbons (Fsp3) is 0.185. The van der Waals surface area contributed by atoms with Crippen molar-refractivity contribution in [1.29, 1.82) is 0 Å². The monoisotopic (exact) mass is 577 g/mol. The molecule has 7 nitrogen and oxygen atoms in total. The second kappa shape index (κ2) is 12.3. The number of thiophene rings is 1. The first-order valence-corrected chi connectivity index (χ1v) is 12.9. The Morgan fingerprint density at radius 1 is 1.05 bits per heavy atom. The van der Waals surface area contributed by atoms with Crippen LogP contribution in [0.15, 0.2) is 60.9 Å². The van der Waals surface area contributed by atoms with Gasteiger partial charge in [0, 0.05) is 41.2 Å². The average molecular weight is 578 g/mol. The second-order valence-electron chi connectivity index (χ2n) is 8.16. The lowest BCUT2D eigenvalue weighted by Gasteiger charge is -2.20. The van der Waals surface area contributed by atoms with Crippen molar-refractivity contribution in [2.75, 3.05) is 19.5 Å². The van der Waals surface area contributed by atoms with Crippen LogP contribution in [0, 0.1) is 5.82 Å². The number of carbonyl (C=O) groups excluding carboxylic acids is 1. The second-order valence-corrected chi connectivity index (χ2v) is 10.1. The van der Waals surface area contributed by atoms with Gasteiger partial charge in [0.1, 0.15) is 32.6 Å². The van der Waals surface area contributed by atoms with Gasteiger partial charge < -0.3 is 24.6 Å². The maximum absolute atomic E-state index is 13.5. The molecule has 0 bridgehead atoms. The summed E-state index contributed by atoms with van der Waals surface area (Å²) in [7, 11) is 3.06. The van der Waals surface area contributed by atoms with Crippen LogP contribution in [0.5, 0.6) is 17.2 Å². The Kier molecular flexibility index (Phi) is 8.93. The highest BCUT2D eigenvalue weighted by molar-refractivity contribution is 7.13. The molecule has 0 fully saturated rings. The van der Waals surface area contributed by atoms with Gasteiger partial charge >= 0.3 is 5.97 Å². The molecule has 4 rings (SSSR count). The van der Waals surface area contributed by atoms with Crippen molar-refractivity contribution in [2.24, 2.45) is 0 Å². The summed E-state index contributed by atoms with van der Waals surface area (Å²) in [6.07, 6.45) is 2.69. The van der Waals surface area contributed by atoms with Gasteiger partial charge in [0.25, 0.3) is 0 Å². The minimum absolute atomic E-state index is 0.180. The molecule has 198 valence electrons. The predicted octanol–water partition coefficient (Wildman–Crippen LogP) is 6.48. The number of hydrogen-bond donors (Lipinski definition) is 2. The Bertz CT molecular complexity index is 1410. The van der Waals surface area contributed by atoms with Crippen LogP contribution >= 0.6 is 34.5 Å². The Morgan fingerprint density at radius 2 is 1.79 bits per heavy atom. The summed E-state index contributed by atoms with van der Waals surface area (Å²) in [6, 6.07) is 12.4. The van der Waals surface area contributed by atoms with Crippen LogP contribution in [0.4, 0.5) is 10.1 Å². The van der Waals surface area contributed by atoms with Gasteiger partial charge in [-0.2, -0.15) is 0 Å². The molecule has 2 aromatic heterocycles. The van der Waals surface area contributed by atoms with Gasteiger partial charge in [-0.25, -0.2) is 14.2 Å². The van der Waals surface area contributed by atoms with Gasteiger partial charge in [0.05, 0.1) is 14.2 Å². The predicted molar refractivity (Wildman–Crippen MR) is 144 cm³/mol. The maximum Gasteiger partial charge on any atom is 0.348 e. The van der Waals surface area contributed by atoms with Crippen molar-refractivity contribution in [3.8, 4) is 17.2 Å². The third kappa shape index (κ3) is 6.66. The number of H-pyrrole nitrogens is 1. The number of ether oxygens (including phenoxy) is 3. The highest BCUT2D eigenvalue weighted by Crippen LogP contribution is 2.35. The molecule has 0 aliphatic heterocycles. The van der Waals surface area contributed by atoms with Gasteiger partial charge in [-0.05, 0) is 35.9 Å². The summed E-state index contributed by atoms with van der Waals surface area (Å²) < 4.78 is 30.3. The highest BCUT2D eigenvalue weighted by Gasteiger charge is 2.24. The van der Waals surface area contributed by atoms with E-state index in [1.165, 1.54) is 37.7 Å². The molecule has 11 heteroatoms. The zero-order valence-corrected chi connectivity index (χ0v) is 22.7. The number of rotatable bonds is 10. The molecular formula is C27H24Cl2FN2O5S+. The van der Waals surface area contributed by atoms with Crippen molar-refractivity contribution in [3.05, 3.63) is 97.7 Å². The molecule has 0 radical (unpaired) electrons. The summed E-state index contributed by atoms with van der Waals surface area (Å²) in [4.78, 5) is 17.3. The first-order valence-electron chi connectivity index (χ1n) is 11.4. The van der Waals surface area contributed by atoms with E-state index in [9.17, 15) is 14.3 Å². The van der Waals surface area contributed by atoms with Crippen molar-refractivity contribution in [2.45, 2.75) is 19.1 Å². The first kappa shape index (κ1) is 27.5. The number of methoxy groups -OCH3 is 2. The van der Waals surface area contributed by atoms with Crippen LogP contribution in [0.3, 0.4) is 0 Å². The highest BCUT2D eigenvalue weighted by atomic mass is 35.5. The molecule has 0 amide bonds. The average Bonchev–Trinajstić information content (AvgIpc) is 3.37. The van der Waals surface area contributed by atoms with Crippen LogP contribution in [-0.2, 0) is 17.7 Å². The smallest absolute Gasteiger partial charge is 0.348 e. The summed E-state index contributed by atoms with van der Waals surface area (Å²) in [5.41, 5.74) is 1.71. The number of phenols is 1. The van der Waals surface area contributed by atoms with E-state index in [-0.39, 0.29) is 12.2 Å². The summed E-state index contributed by atoms with van der Waals surface area (Å²) in [5.74, 6) is -0.244. The Balaban J connectivity index is 1.55. The Hall–Kier alpha value is -3.53. The summed E-state index contributed by atoms with van der Waals surface area (Å²) in [5, 5.41) is 13.4. The van der Waals surface area contributed by atoms with Crippen molar-refractivity contribution >= 4 is 46.2 Å². The van der Waals surface area contributed by atoms with Gasteiger partial charge in [-0.1, -0.05) is 29.3 Å². The molecule has 3 N–H and O–H groups in total. The van der Waals surface area contributed by atoms with E-state index < -0.39 is 17.9 Å². The van der Waals surface area contributed by atoms with Crippen LogP contribution < -0.4 is 19.8 Å². The molecule has 2 heterocycles. The number of benzene rings is 2. The number of carbonyl (C=O) groups is 1. The van der Waals surface area contributed by atoms with E-state index in [1.54, 1.807) is 42.7 Å². The lowest BCUT2D eigenvalue weighted by Crippen LogP contribution is -2.15. The molecule has 0 saturated heterocycles. The largest absolute Gasteiger partial charge is 0.508 e. The lowest BCUT2D eigenvalue weighted by molar-refractivity contribution is -0.377. The number of aromatic nitrogens is 1. The van der Waals surface area contributed by atoms with E-state index in [1.807, 2.05) is 0 Å². The summed E-state index contributed by atoms with van der Waals surface area (Å²) >= 11 is 14.0. The van der Waals surface area contributed by atoms with E-state index in [2.05, 4.69) is 10.3 Å². The number of esters is 1. The molecule has 0 spiro atoms. The van der Waals surface area contributed by atoms with E-state index >= 15 is 0 Å². The third-order valence-corrected chi connectivity index (χ3v) is 7.37. The number of phenolic OH excluding ortho intramolecular Hbond substituents is 1. The number of aromatic hydroxyl groups is 1. The number of anilines is 1. The number of nitrogens with one attached hydrogen (secondary N) is 2. The third-order valence-electron chi connectivity index (χ3n) is 5.63. The zero-order chi connectivity index (χ0) is 27.2. The van der Waals surface area contributed by atoms with Crippen molar-refractivity contribution in [3.63, 3.8) is 0 Å². The molecule has 4 aromatic rings. The van der Waals surface area contributed by atoms with E-state index in [4.69, 9.17) is 37.4 Å². The minimum atomic E-state index is -0.737. The molecule has 38 heavy (non-hydrogen) atoms. The van der Waals surface area contributed by atoms with Crippen LogP contribution in [0.25, 0.3) is 0 Å². The number of aromatic amines is 1. The van der Waals surface area contributed by atoms with Gasteiger partial charge in [-0.3, -0.25) is 0 Å². The lowest BCUT2D eigenvalue weighted by atomic mass is 10.0. The maximum atomic E-state index is 13.5. The minimum Gasteiger partial charge on any atom is -0.508 e. The Labute approximate surface area is 232 Å². The zero-order valence-electron chi connectivity index (χ0n) is 20.4. The first-order chi connectivity index (χ1) is 18.3. The van der Waals surface area contributed by atoms with E-state index in [0.717, 1.165) is 10.9 Å². The van der Waals surface area contributed by atoms with E-state index in [0.29, 0.717) is 49.8 Å². The molecule has 0 aliphatic rings. The van der Waals surface area contributed by atoms with Gasteiger partial charge in [0.15, 0.2) is 23.9 Å². The van der Waals surface area contributed by atoms with Crippen LogP contribution in [-0.4, -0.2) is 25.3 Å². The van der Waals surface area contributed by atoms with Crippen molar-refractivity contribution in [1.82, 2.24) is 0 Å². The fourth-order valence-electron chi connectivity index (χ4n) is 3.77. The van der Waals surface area contributed by atoms with Crippen molar-refractivity contribution < 1.29 is 33.5 Å². The Morgan fingerprint density at radius 3 is 2.47 bits per heavy atom. The number of halogens is 3. The number of pyridine rings is 1. The molecule has 0 saturated carbocycles. The normalized spacial score (nSPS) is 11.6. The van der Waals surface area contributed by atoms with Crippen LogP contribution in [0.2, 0.25) is 10.0 Å². The topological polar surface area (TPSA) is 91.2 Å². The quantitative estimate of drug-likeness (QED) is 0.209. The summed E-state index contributed by atoms with van der Waals surface area (Å²) in [6.45, 7) is 0.325. The fourth-order valence-corrected chi connectivity index (χ4v) is 5.14. The number of hydrogen-bond acceptors (Lipinski definition) is 7. The molecule has 2 aromatic carbocycles. The molecule has 0 unspecified atom stereocenters. The van der Waals surface area contributed by atoms with Gasteiger partial charge in [-0.15, -0.1) is 11.3 Å². The van der Waals surface area contributed by atoms with Gasteiger partial charge in [0.2, 0.25) is 0 Å². The molecule has 1 atom stereocenters. The van der Waals surface area contributed by atoms with Crippen LogP contribution in [0.1, 0.15) is 31.8 Å².